The Hall–Kier alpha value is -2.73. The molecule has 1 aliphatic rings. The zero-order valence-electron chi connectivity index (χ0n) is 18.0. The van der Waals surface area contributed by atoms with Crippen molar-refractivity contribution in [2.45, 2.75) is 76.7 Å². The molecule has 6 unspecified atom stereocenters. The Morgan fingerprint density at radius 3 is 2.26 bits per heavy atom. The van der Waals surface area contributed by atoms with E-state index in [1.165, 1.54) is 11.8 Å². The molecule has 31 heavy (non-hydrogen) atoms. The number of aliphatic hydroxyl groups excluding tert-OH is 1. The van der Waals surface area contributed by atoms with Crippen LogP contribution < -0.4 is 22.1 Å². The number of nitrogens with two attached hydrogens (primary N) is 2. The van der Waals surface area contributed by atoms with Crippen LogP contribution in [0, 0.1) is 5.92 Å². The average Bonchev–Trinajstić information content (AvgIpc) is 3.19. The van der Waals surface area contributed by atoms with Gasteiger partial charge in [0.25, 0.3) is 0 Å². The van der Waals surface area contributed by atoms with Gasteiger partial charge in [-0.3, -0.25) is 19.2 Å². The van der Waals surface area contributed by atoms with E-state index in [1.807, 2.05) is 6.92 Å². The summed E-state index contributed by atoms with van der Waals surface area (Å²) in [5.41, 5.74) is 10.7. The fourth-order valence-corrected chi connectivity index (χ4v) is 3.30. The summed E-state index contributed by atoms with van der Waals surface area (Å²) in [4.78, 5) is 61.9. The number of carbonyl (C=O) groups is 5. The lowest BCUT2D eigenvalue weighted by Gasteiger charge is -2.32. The first-order valence-electron chi connectivity index (χ1n) is 10.3. The van der Waals surface area contributed by atoms with Crippen molar-refractivity contribution in [3.05, 3.63) is 0 Å². The van der Waals surface area contributed by atoms with Crippen LogP contribution in [0.5, 0.6) is 0 Å². The highest BCUT2D eigenvalue weighted by Gasteiger charge is 2.40. The Morgan fingerprint density at radius 2 is 1.77 bits per heavy atom. The summed E-state index contributed by atoms with van der Waals surface area (Å²) in [5, 5.41) is 23.6. The second-order valence-corrected chi connectivity index (χ2v) is 7.90. The van der Waals surface area contributed by atoms with Gasteiger partial charge in [-0.15, -0.1) is 0 Å². The SMILES string of the molecule is CCC(C)C(NC(=O)C(N)C(C)O)C(=O)N1CCCC1C(=O)NC(CC(N)=O)C(=O)O. The van der Waals surface area contributed by atoms with Gasteiger partial charge in [0.05, 0.1) is 12.5 Å². The van der Waals surface area contributed by atoms with Crippen molar-refractivity contribution in [1.29, 1.82) is 0 Å². The van der Waals surface area contributed by atoms with Crippen LogP contribution in [0.4, 0.5) is 0 Å². The van der Waals surface area contributed by atoms with Crippen LogP contribution in [0.25, 0.3) is 0 Å². The van der Waals surface area contributed by atoms with E-state index in [0.29, 0.717) is 19.3 Å². The van der Waals surface area contributed by atoms with Crippen LogP contribution in [-0.4, -0.2) is 81.5 Å². The van der Waals surface area contributed by atoms with E-state index in [2.05, 4.69) is 10.6 Å². The standard InChI is InChI=1S/C19H33N5O7/c1-4-9(2)15(23-17(28)14(21)10(3)25)18(29)24-7-5-6-12(24)16(27)22-11(19(30)31)8-13(20)26/h9-12,14-15,25H,4-8,21H2,1-3H3,(H2,20,26)(H,22,27)(H,23,28)(H,30,31). The molecule has 4 amide bonds. The molecule has 6 atom stereocenters. The highest BCUT2D eigenvalue weighted by molar-refractivity contribution is 5.95. The van der Waals surface area contributed by atoms with Crippen LogP contribution in [-0.2, 0) is 24.0 Å². The highest BCUT2D eigenvalue weighted by atomic mass is 16.4. The summed E-state index contributed by atoms with van der Waals surface area (Å²) in [6.07, 6.45) is -0.341. The Labute approximate surface area is 180 Å². The lowest BCUT2D eigenvalue weighted by Crippen LogP contribution is -2.59. The molecule has 1 fully saturated rings. The molecule has 0 bridgehead atoms. The average molecular weight is 444 g/mol. The van der Waals surface area contributed by atoms with Crippen molar-refractivity contribution in [1.82, 2.24) is 15.5 Å². The van der Waals surface area contributed by atoms with Crippen LogP contribution in [0.2, 0.25) is 0 Å². The van der Waals surface area contributed by atoms with Crippen LogP contribution in [0.1, 0.15) is 46.5 Å². The van der Waals surface area contributed by atoms with E-state index in [9.17, 15) is 34.2 Å². The van der Waals surface area contributed by atoms with Gasteiger partial charge in [0.1, 0.15) is 24.2 Å². The maximum absolute atomic E-state index is 13.2. The number of nitrogens with zero attached hydrogens (tertiary/aromatic N) is 1. The lowest BCUT2D eigenvalue weighted by atomic mass is 9.96. The van der Waals surface area contributed by atoms with Gasteiger partial charge in [-0.05, 0) is 25.7 Å². The third-order valence-corrected chi connectivity index (χ3v) is 5.46. The van der Waals surface area contributed by atoms with Crippen molar-refractivity contribution < 1.29 is 34.2 Å². The molecule has 0 radical (unpaired) electrons. The smallest absolute Gasteiger partial charge is 0.326 e. The molecule has 0 aromatic carbocycles. The van der Waals surface area contributed by atoms with Gasteiger partial charge in [0, 0.05) is 6.54 Å². The molecule has 0 aromatic heterocycles. The normalized spacial score (nSPS) is 20.8. The van der Waals surface area contributed by atoms with Crippen molar-refractivity contribution in [2.75, 3.05) is 6.54 Å². The van der Waals surface area contributed by atoms with Crippen molar-refractivity contribution in [2.24, 2.45) is 17.4 Å². The molecular formula is C19H33N5O7. The number of nitrogens with one attached hydrogen (secondary N) is 2. The van der Waals surface area contributed by atoms with Crippen molar-refractivity contribution >= 4 is 29.6 Å². The number of rotatable bonds is 11. The number of carboxylic acid groups (broad SMARTS) is 1. The first-order valence-corrected chi connectivity index (χ1v) is 10.3. The molecule has 12 nitrogen and oxygen atoms in total. The van der Waals surface area contributed by atoms with Gasteiger partial charge in [-0.2, -0.15) is 0 Å². The third-order valence-electron chi connectivity index (χ3n) is 5.46. The first-order chi connectivity index (χ1) is 14.4. The maximum atomic E-state index is 13.2. The molecule has 0 saturated carbocycles. The largest absolute Gasteiger partial charge is 0.480 e. The van der Waals surface area contributed by atoms with Gasteiger partial charge in [0.2, 0.25) is 23.6 Å². The quantitative estimate of drug-likeness (QED) is 0.203. The first kappa shape index (κ1) is 26.3. The lowest BCUT2D eigenvalue weighted by molar-refractivity contribution is -0.146. The second-order valence-electron chi connectivity index (χ2n) is 7.90. The zero-order valence-corrected chi connectivity index (χ0v) is 18.0. The van der Waals surface area contributed by atoms with E-state index in [4.69, 9.17) is 11.5 Å². The van der Waals surface area contributed by atoms with E-state index < -0.39 is 66.3 Å². The van der Waals surface area contributed by atoms with Crippen LogP contribution in [0.15, 0.2) is 0 Å². The summed E-state index contributed by atoms with van der Waals surface area (Å²) in [5.74, 6) is -4.50. The number of amides is 4. The van der Waals surface area contributed by atoms with Gasteiger partial charge < -0.3 is 37.2 Å². The van der Waals surface area contributed by atoms with E-state index in [0.717, 1.165) is 0 Å². The molecule has 176 valence electrons. The van der Waals surface area contributed by atoms with Gasteiger partial charge in [-0.25, -0.2) is 4.79 Å². The minimum absolute atomic E-state index is 0.246. The minimum atomic E-state index is -1.50. The summed E-state index contributed by atoms with van der Waals surface area (Å²) < 4.78 is 0. The zero-order chi connectivity index (χ0) is 23.9. The predicted molar refractivity (Wildman–Crippen MR) is 109 cm³/mol. The Balaban J connectivity index is 3.00. The number of aliphatic carboxylic acids is 1. The predicted octanol–water partition coefficient (Wildman–Crippen LogP) is -2.34. The van der Waals surface area contributed by atoms with Gasteiger partial charge >= 0.3 is 5.97 Å². The van der Waals surface area contributed by atoms with E-state index >= 15 is 0 Å². The number of carbonyl (C=O) groups excluding carboxylic acids is 4. The number of likely N-dealkylation sites (tertiary alicyclic amines) is 1. The number of hydrogen-bond donors (Lipinski definition) is 6. The van der Waals surface area contributed by atoms with Crippen LogP contribution >= 0.6 is 0 Å². The molecular weight excluding hydrogens is 410 g/mol. The second kappa shape index (κ2) is 11.6. The fourth-order valence-electron chi connectivity index (χ4n) is 3.30. The molecule has 1 heterocycles. The van der Waals surface area contributed by atoms with Gasteiger partial charge in [-0.1, -0.05) is 20.3 Å². The molecule has 8 N–H and O–H groups in total. The number of carboxylic acids is 1. The highest BCUT2D eigenvalue weighted by Crippen LogP contribution is 2.22. The van der Waals surface area contributed by atoms with Gasteiger partial charge in [0.15, 0.2) is 0 Å². The Bertz CT molecular complexity index is 699. The topological polar surface area (TPSA) is 205 Å². The number of aliphatic hydroxyl groups is 1. The minimum Gasteiger partial charge on any atom is -0.480 e. The number of primary amides is 1. The molecule has 12 heteroatoms. The molecule has 1 rings (SSSR count). The monoisotopic (exact) mass is 443 g/mol. The summed E-state index contributed by atoms with van der Waals surface area (Å²) >= 11 is 0. The summed E-state index contributed by atoms with van der Waals surface area (Å²) in [7, 11) is 0. The maximum Gasteiger partial charge on any atom is 0.326 e. The molecule has 1 saturated heterocycles. The van der Waals surface area contributed by atoms with Crippen molar-refractivity contribution in [3.8, 4) is 0 Å². The summed E-state index contributed by atoms with van der Waals surface area (Å²) in [6.45, 7) is 5.20. The summed E-state index contributed by atoms with van der Waals surface area (Å²) in [6, 6.07) is -4.65. The molecule has 0 aliphatic carbocycles. The van der Waals surface area contributed by atoms with E-state index in [-0.39, 0.29) is 12.5 Å². The van der Waals surface area contributed by atoms with E-state index in [1.54, 1.807) is 6.92 Å². The van der Waals surface area contributed by atoms with Crippen molar-refractivity contribution in [3.63, 3.8) is 0 Å². The number of hydrogen-bond acceptors (Lipinski definition) is 7. The Morgan fingerprint density at radius 1 is 1.16 bits per heavy atom. The Kier molecular flexibility index (Phi) is 9.85. The molecule has 1 aliphatic heterocycles. The molecule has 0 spiro atoms. The fraction of sp³-hybridized carbons (Fsp3) is 0.737. The molecule has 0 aromatic rings. The third kappa shape index (κ3) is 7.17. The van der Waals surface area contributed by atoms with Crippen LogP contribution in [0.3, 0.4) is 0 Å².